The van der Waals surface area contributed by atoms with Crippen molar-refractivity contribution in [2.75, 3.05) is 46.0 Å². The van der Waals surface area contributed by atoms with Crippen molar-refractivity contribution in [1.29, 1.82) is 0 Å². The second kappa shape index (κ2) is 7.04. The van der Waals surface area contributed by atoms with Crippen LogP contribution < -0.4 is 10.1 Å². The fourth-order valence-electron chi connectivity index (χ4n) is 3.87. The molecule has 0 bridgehead atoms. The molecular weight excluding hydrogens is 364 g/mol. The van der Waals surface area contributed by atoms with Gasteiger partial charge in [0.05, 0.1) is 13.2 Å². The zero-order valence-electron chi connectivity index (χ0n) is 14.0. The summed E-state index contributed by atoms with van der Waals surface area (Å²) in [6.45, 7) is 4.75. The number of halogens is 1. The highest BCUT2D eigenvalue weighted by Crippen LogP contribution is 2.35. The summed E-state index contributed by atoms with van der Waals surface area (Å²) in [5.41, 5.74) is 0. The Labute approximate surface area is 153 Å². The van der Waals surface area contributed by atoms with Crippen molar-refractivity contribution in [3.63, 3.8) is 0 Å². The first-order valence-electron chi connectivity index (χ1n) is 8.75. The first kappa shape index (κ1) is 17.5. The molecule has 3 saturated heterocycles. The smallest absolute Gasteiger partial charge is 0.246 e. The van der Waals surface area contributed by atoms with Gasteiger partial charge >= 0.3 is 0 Å². The maximum Gasteiger partial charge on any atom is 0.246 e. The van der Waals surface area contributed by atoms with Crippen LogP contribution in [0.2, 0.25) is 5.02 Å². The van der Waals surface area contributed by atoms with E-state index in [1.165, 1.54) is 6.07 Å². The van der Waals surface area contributed by atoms with Gasteiger partial charge in [0.25, 0.3) is 0 Å². The quantitative estimate of drug-likeness (QED) is 0.832. The molecule has 0 saturated carbocycles. The standard InChI is InChI=1S/C17H23ClN2O4S/c18-15-1-2-16(24-11-12-3-4-23-10-12)17(5-15)25(21,22)20-8-13-6-19-7-14(13)9-20/h1-2,5,12-14,19H,3-4,6-11H2/t12?,13-,14+. The lowest BCUT2D eigenvalue weighted by molar-refractivity contribution is 0.166. The fourth-order valence-corrected chi connectivity index (χ4v) is 5.82. The molecule has 0 amide bonds. The molecule has 1 unspecified atom stereocenters. The van der Waals surface area contributed by atoms with E-state index in [-0.39, 0.29) is 4.90 Å². The van der Waals surface area contributed by atoms with Crippen LogP contribution >= 0.6 is 11.6 Å². The van der Waals surface area contributed by atoms with Gasteiger partial charge in [-0.05, 0) is 49.5 Å². The molecule has 3 atom stereocenters. The Balaban J connectivity index is 1.56. The predicted octanol–water partition coefficient (Wildman–Crippen LogP) is 1.60. The molecule has 8 heteroatoms. The molecule has 6 nitrogen and oxygen atoms in total. The minimum absolute atomic E-state index is 0.173. The molecule has 1 N–H and O–H groups in total. The number of benzene rings is 1. The van der Waals surface area contributed by atoms with Gasteiger partial charge in [0.15, 0.2) is 0 Å². The summed E-state index contributed by atoms with van der Waals surface area (Å²) >= 11 is 6.08. The SMILES string of the molecule is O=S(=O)(c1cc(Cl)ccc1OCC1CCOC1)N1C[C@H]2CNC[C@H]2C1. The largest absolute Gasteiger partial charge is 0.492 e. The third-order valence-corrected chi connectivity index (χ3v) is 7.47. The molecule has 0 radical (unpaired) electrons. The summed E-state index contributed by atoms with van der Waals surface area (Å²) in [4.78, 5) is 0.173. The van der Waals surface area contributed by atoms with Crippen LogP contribution in [0.25, 0.3) is 0 Å². The number of hydrogen-bond donors (Lipinski definition) is 1. The maximum absolute atomic E-state index is 13.2. The second-order valence-electron chi connectivity index (χ2n) is 7.13. The van der Waals surface area contributed by atoms with Gasteiger partial charge in [0.2, 0.25) is 10.0 Å². The van der Waals surface area contributed by atoms with Gasteiger partial charge < -0.3 is 14.8 Å². The summed E-state index contributed by atoms with van der Waals surface area (Å²) in [5, 5.41) is 3.73. The lowest BCUT2D eigenvalue weighted by Gasteiger charge is -2.20. The third-order valence-electron chi connectivity index (χ3n) is 5.38. The predicted molar refractivity (Wildman–Crippen MR) is 94.5 cm³/mol. The van der Waals surface area contributed by atoms with Gasteiger partial charge in [0.1, 0.15) is 10.6 Å². The zero-order valence-corrected chi connectivity index (χ0v) is 15.6. The van der Waals surface area contributed by atoms with Crippen molar-refractivity contribution >= 4 is 21.6 Å². The number of sulfonamides is 1. The van der Waals surface area contributed by atoms with Crippen molar-refractivity contribution < 1.29 is 17.9 Å². The number of hydrogen-bond acceptors (Lipinski definition) is 5. The Morgan fingerprint density at radius 3 is 2.72 bits per heavy atom. The van der Waals surface area contributed by atoms with E-state index in [1.807, 2.05) is 0 Å². The summed E-state index contributed by atoms with van der Waals surface area (Å²) in [7, 11) is -3.61. The average molecular weight is 387 g/mol. The van der Waals surface area contributed by atoms with Crippen LogP contribution in [0.4, 0.5) is 0 Å². The van der Waals surface area contributed by atoms with Gasteiger partial charge in [-0.2, -0.15) is 4.31 Å². The van der Waals surface area contributed by atoms with Crippen LogP contribution in [-0.2, 0) is 14.8 Å². The van der Waals surface area contributed by atoms with Crippen molar-refractivity contribution in [3.8, 4) is 5.75 Å². The number of rotatable bonds is 5. The van der Waals surface area contributed by atoms with Crippen molar-refractivity contribution in [3.05, 3.63) is 23.2 Å². The van der Waals surface area contributed by atoms with Gasteiger partial charge in [-0.25, -0.2) is 8.42 Å². The van der Waals surface area contributed by atoms with Crippen LogP contribution in [0.3, 0.4) is 0 Å². The third kappa shape index (κ3) is 3.53. The summed E-state index contributed by atoms with van der Waals surface area (Å²) in [6, 6.07) is 4.83. The van der Waals surface area contributed by atoms with Crippen LogP contribution in [0.5, 0.6) is 5.75 Å². The van der Waals surface area contributed by atoms with Crippen LogP contribution in [-0.4, -0.2) is 58.7 Å². The monoisotopic (exact) mass is 386 g/mol. The maximum atomic E-state index is 13.2. The number of ether oxygens (including phenoxy) is 2. The van der Waals surface area contributed by atoms with Crippen molar-refractivity contribution in [2.24, 2.45) is 17.8 Å². The van der Waals surface area contributed by atoms with E-state index in [0.29, 0.717) is 54.8 Å². The van der Waals surface area contributed by atoms with E-state index in [9.17, 15) is 8.42 Å². The number of fused-ring (bicyclic) bond motifs is 1. The topological polar surface area (TPSA) is 67.9 Å². The first-order chi connectivity index (χ1) is 12.0. The Bertz CT molecular complexity index is 724. The Morgan fingerprint density at radius 2 is 2.04 bits per heavy atom. The van der Waals surface area contributed by atoms with Crippen molar-refractivity contribution in [1.82, 2.24) is 9.62 Å². The lowest BCUT2D eigenvalue weighted by atomic mass is 10.0. The number of nitrogens with zero attached hydrogens (tertiary/aromatic N) is 1. The molecule has 4 rings (SSSR count). The van der Waals surface area contributed by atoms with Gasteiger partial charge in [0, 0.05) is 30.6 Å². The normalized spacial score (nSPS) is 29.9. The van der Waals surface area contributed by atoms with E-state index >= 15 is 0 Å². The van der Waals surface area contributed by atoms with Gasteiger partial charge in [-0.3, -0.25) is 0 Å². The molecule has 1 aromatic rings. The summed E-state index contributed by atoms with van der Waals surface area (Å²) in [6.07, 6.45) is 0.943. The zero-order chi connectivity index (χ0) is 17.4. The summed E-state index contributed by atoms with van der Waals surface area (Å²) < 4.78 is 39.1. The number of nitrogens with one attached hydrogen (secondary N) is 1. The Kier molecular flexibility index (Phi) is 4.94. The van der Waals surface area contributed by atoms with E-state index in [4.69, 9.17) is 21.1 Å². The molecule has 3 aliphatic heterocycles. The van der Waals surface area contributed by atoms with Gasteiger partial charge in [-0.15, -0.1) is 0 Å². The highest BCUT2D eigenvalue weighted by molar-refractivity contribution is 7.89. The van der Waals surface area contributed by atoms with Crippen LogP contribution in [0.1, 0.15) is 6.42 Å². The lowest BCUT2D eigenvalue weighted by Crippen LogP contribution is -2.32. The minimum atomic E-state index is -3.61. The second-order valence-corrected chi connectivity index (χ2v) is 9.47. The van der Waals surface area contributed by atoms with E-state index in [2.05, 4.69) is 5.32 Å². The molecular formula is C17H23ClN2O4S. The highest BCUT2D eigenvalue weighted by atomic mass is 35.5. The van der Waals surface area contributed by atoms with E-state index in [1.54, 1.807) is 16.4 Å². The van der Waals surface area contributed by atoms with Gasteiger partial charge in [-0.1, -0.05) is 11.6 Å². The molecule has 3 aliphatic rings. The molecule has 3 fully saturated rings. The molecule has 3 heterocycles. The summed E-state index contributed by atoms with van der Waals surface area (Å²) in [5.74, 6) is 1.48. The first-order valence-corrected chi connectivity index (χ1v) is 10.6. The average Bonchev–Trinajstić information content (AvgIpc) is 3.30. The molecule has 1 aromatic carbocycles. The minimum Gasteiger partial charge on any atom is -0.492 e. The molecule has 138 valence electrons. The van der Waals surface area contributed by atoms with E-state index < -0.39 is 10.0 Å². The fraction of sp³-hybridized carbons (Fsp3) is 0.647. The highest BCUT2D eigenvalue weighted by Gasteiger charge is 2.42. The molecule has 0 spiro atoms. The Hall–Kier alpha value is -0.860. The van der Waals surface area contributed by atoms with Crippen molar-refractivity contribution in [2.45, 2.75) is 11.3 Å². The Morgan fingerprint density at radius 1 is 1.28 bits per heavy atom. The molecule has 0 aliphatic carbocycles. The molecule has 0 aromatic heterocycles. The molecule has 25 heavy (non-hydrogen) atoms. The van der Waals surface area contributed by atoms with E-state index in [0.717, 1.165) is 26.1 Å². The van der Waals surface area contributed by atoms with Crippen LogP contribution in [0, 0.1) is 17.8 Å². The van der Waals surface area contributed by atoms with Crippen LogP contribution in [0.15, 0.2) is 23.1 Å².